The number of hydrogen-bond acceptors (Lipinski definition) is 5. The van der Waals surface area contributed by atoms with Crippen molar-refractivity contribution in [1.82, 2.24) is 5.32 Å². The molecular formula is C19H20ClN3O3S. The van der Waals surface area contributed by atoms with E-state index in [0.717, 1.165) is 24.5 Å². The molecule has 2 N–H and O–H groups in total. The number of nitrogens with one attached hydrogen (secondary N) is 2. The Balaban J connectivity index is 1.54. The predicted molar refractivity (Wildman–Crippen MR) is 111 cm³/mol. The fourth-order valence-corrected chi connectivity index (χ4v) is 3.09. The molecule has 0 atom stereocenters. The average Bonchev–Trinajstić information content (AvgIpc) is 2.68. The van der Waals surface area contributed by atoms with Crippen LogP contribution in [0.3, 0.4) is 0 Å². The van der Waals surface area contributed by atoms with Gasteiger partial charge in [0.1, 0.15) is 5.75 Å². The number of nitrogens with zero attached hydrogens (tertiary/aromatic N) is 1. The molecule has 2 aromatic rings. The smallest absolute Gasteiger partial charge is 0.264 e. The van der Waals surface area contributed by atoms with Gasteiger partial charge < -0.3 is 19.7 Å². The van der Waals surface area contributed by atoms with E-state index in [4.69, 9.17) is 33.3 Å². The van der Waals surface area contributed by atoms with Gasteiger partial charge in [0.2, 0.25) is 0 Å². The first-order valence-electron chi connectivity index (χ1n) is 8.53. The van der Waals surface area contributed by atoms with E-state index in [1.807, 2.05) is 24.3 Å². The summed E-state index contributed by atoms with van der Waals surface area (Å²) in [4.78, 5) is 14.3. The van der Waals surface area contributed by atoms with E-state index < -0.39 is 0 Å². The van der Waals surface area contributed by atoms with Crippen LogP contribution in [-0.4, -0.2) is 43.9 Å². The number of benzene rings is 2. The molecule has 1 aliphatic rings. The lowest BCUT2D eigenvalue weighted by Crippen LogP contribution is -2.39. The number of para-hydroxylation sites is 3. The van der Waals surface area contributed by atoms with Crippen LogP contribution in [0.2, 0.25) is 5.02 Å². The summed E-state index contributed by atoms with van der Waals surface area (Å²) in [5.41, 5.74) is 1.85. The summed E-state index contributed by atoms with van der Waals surface area (Å²) in [7, 11) is 0. The van der Waals surface area contributed by atoms with Crippen molar-refractivity contribution in [2.75, 3.05) is 43.1 Å². The SMILES string of the molecule is O=C(COc1ccccc1Cl)NC(=S)Nc1ccccc1N1CCOCC1. The molecule has 6 nitrogen and oxygen atoms in total. The van der Waals surface area contributed by atoms with Crippen molar-refractivity contribution in [2.45, 2.75) is 0 Å². The van der Waals surface area contributed by atoms with Gasteiger partial charge in [-0.15, -0.1) is 0 Å². The second-order valence-electron chi connectivity index (χ2n) is 5.84. The zero-order chi connectivity index (χ0) is 19.1. The third-order valence-corrected chi connectivity index (χ3v) is 4.47. The monoisotopic (exact) mass is 405 g/mol. The van der Waals surface area contributed by atoms with E-state index in [-0.39, 0.29) is 17.6 Å². The van der Waals surface area contributed by atoms with E-state index in [9.17, 15) is 4.79 Å². The molecule has 1 fully saturated rings. The molecule has 1 heterocycles. The van der Waals surface area contributed by atoms with Gasteiger partial charge in [0.05, 0.1) is 29.6 Å². The van der Waals surface area contributed by atoms with E-state index in [2.05, 4.69) is 15.5 Å². The number of ether oxygens (including phenoxy) is 2. The highest BCUT2D eigenvalue weighted by Crippen LogP contribution is 2.26. The van der Waals surface area contributed by atoms with Crippen molar-refractivity contribution in [3.8, 4) is 5.75 Å². The van der Waals surface area contributed by atoms with Crippen molar-refractivity contribution in [3.63, 3.8) is 0 Å². The largest absolute Gasteiger partial charge is 0.482 e. The Kier molecular flexibility index (Phi) is 6.86. The zero-order valence-electron chi connectivity index (χ0n) is 14.6. The molecule has 0 radical (unpaired) electrons. The molecule has 0 saturated carbocycles. The van der Waals surface area contributed by atoms with Gasteiger partial charge >= 0.3 is 0 Å². The standard InChI is InChI=1S/C19H20ClN3O3S/c20-14-5-1-4-8-17(14)26-13-18(24)22-19(27)21-15-6-2-3-7-16(15)23-9-11-25-12-10-23/h1-8H,9-13H2,(H2,21,22,24,27). The summed E-state index contributed by atoms with van der Waals surface area (Å²) in [6.07, 6.45) is 0. The van der Waals surface area contributed by atoms with Crippen LogP contribution in [0.1, 0.15) is 0 Å². The minimum absolute atomic E-state index is 0.184. The maximum atomic E-state index is 12.1. The van der Waals surface area contributed by atoms with Crippen LogP contribution in [-0.2, 0) is 9.53 Å². The highest BCUT2D eigenvalue weighted by Gasteiger charge is 2.15. The van der Waals surface area contributed by atoms with Gasteiger partial charge in [-0.05, 0) is 36.5 Å². The van der Waals surface area contributed by atoms with Gasteiger partial charge in [0, 0.05) is 13.1 Å². The number of thiocarbonyl (C=S) groups is 1. The van der Waals surface area contributed by atoms with Gasteiger partial charge in [0.15, 0.2) is 11.7 Å². The van der Waals surface area contributed by atoms with Crippen molar-refractivity contribution >= 4 is 46.2 Å². The molecule has 2 aromatic carbocycles. The zero-order valence-corrected chi connectivity index (χ0v) is 16.2. The van der Waals surface area contributed by atoms with Crippen molar-refractivity contribution in [3.05, 3.63) is 53.6 Å². The van der Waals surface area contributed by atoms with Crippen LogP contribution in [0.4, 0.5) is 11.4 Å². The number of hydrogen-bond donors (Lipinski definition) is 2. The van der Waals surface area contributed by atoms with E-state index in [0.29, 0.717) is 24.0 Å². The summed E-state index contributed by atoms with van der Waals surface area (Å²) in [6.45, 7) is 2.81. The molecule has 0 aliphatic carbocycles. The maximum Gasteiger partial charge on any atom is 0.264 e. The summed E-state index contributed by atoms with van der Waals surface area (Å²) < 4.78 is 10.8. The fraction of sp³-hybridized carbons (Fsp3) is 0.263. The van der Waals surface area contributed by atoms with Crippen LogP contribution in [0.25, 0.3) is 0 Å². The molecule has 1 amide bonds. The second-order valence-corrected chi connectivity index (χ2v) is 6.65. The summed E-state index contributed by atoms with van der Waals surface area (Å²) in [6, 6.07) is 14.8. The van der Waals surface area contributed by atoms with Gasteiger partial charge in [-0.2, -0.15) is 0 Å². The Morgan fingerprint density at radius 2 is 1.85 bits per heavy atom. The van der Waals surface area contributed by atoms with Crippen LogP contribution >= 0.6 is 23.8 Å². The molecule has 3 rings (SSSR count). The van der Waals surface area contributed by atoms with Crippen molar-refractivity contribution in [1.29, 1.82) is 0 Å². The van der Waals surface area contributed by atoms with Crippen molar-refractivity contribution < 1.29 is 14.3 Å². The lowest BCUT2D eigenvalue weighted by molar-refractivity contribution is -0.121. The van der Waals surface area contributed by atoms with Gasteiger partial charge in [-0.3, -0.25) is 10.1 Å². The Hall–Kier alpha value is -2.35. The molecule has 27 heavy (non-hydrogen) atoms. The topological polar surface area (TPSA) is 62.8 Å². The number of carbonyl (C=O) groups excluding carboxylic acids is 1. The Bertz CT molecular complexity index is 812. The predicted octanol–water partition coefficient (Wildman–Crippen LogP) is 3.07. The lowest BCUT2D eigenvalue weighted by Gasteiger charge is -2.30. The van der Waals surface area contributed by atoms with E-state index >= 15 is 0 Å². The molecule has 1 saturated heterocycles. The number of morpholine rings is 1. The van der Waals surface area contributed by atoms with Gasteiger partial charge in [0.25, 0.3) is 5.91 Å². The third kappa shape index (κ3) is 5.56. The molecule has 8 heteroatoms. The highest BCUT2D eigenvalue weighted by molar-refractivity contribution is 7.80. The Morgan fingerprint density at radius 1 is 1.15 bits per heavy atom. The van der Waals surface area contributed by atoms with Crippen LogP contribution < -0.4 is 20.3 Å². The van der Waals surface area contributed by atoms with Gasteiger partial charge in [-0.25, -0.2) is 0 Å². The van der Waals surface area contributed by atoms with Crippen LogP contribution in [0, 0.1) is 0 Å². The molecule has 142 valence electrons. The number of rotatable bonds is 5. The van der Waals surface area contributed by atoms with E-state index in [1.165, 1.54) is 0 Å². The number of amides is 1. The number of anilines is 2. The average molecular weight is 406 g/mol. The minimum atomic E-state index is -0.365. The molecule has 0 spiro atoms. The Morgan fingerprint density at radius 3 is 2.63 bits per heavy atom. The van der Waals surface area contributed by atoms with Gasteiger partial charge in [-0.1, -0.05) is 35.9 Å². The second kappa shape index (κ2) is 9.55. The fourth-order valence-electron chi connectivity index (χ4n) is 2.68. The summed E-state index contributed by atoms with van der Waals surface area (Å²) in [5.74, 6) is 0.0853. The normalized spacial score (nSPS) is 13.7. The minimum Gasteiger partial charge on any atom is -0.482 e. The molecule has 0 bridgehead atoms. The highest BCUT2D eigenvalue weighted by atomic mass is 35.5. The molecular weight excluding hydrogens is 386 g/mol. The quantitative estimate of drug-likeness (QED) is 0.745. The van der Waals surface area contributed by atoms with Crippen LogP contribution in [0.5, 0.6) is 5.75 Å². The number of halogens is 1. The van der Waals surface area contributed by atoms with Crippen molar-refractivity contribution in [2.24, 2.45) is 0 Å². The third-order valence-electron chi connectivity index (χ3n) is 3.95. The molecule has 1 aliphatic heterocycles. The first-order chi connectivity index (χ1) is 13.1. The first-order valence-corrected chi connectivity index (χ1v) is 9.32. The Labute approximate surface area is 168 Å². The molecule has 0 unspecified atom stereocenters. The van der Waals surface area contributed by atoms with Crippen LogP contribution in [0.15, 0.2) is 48.5 Å². The molecule has 0 aromatic heterocycles. The summed E-state index contributed by atoms with van der Waals surface area (Å²) in [5, 5.41) is 6.36. The van der Waals surface area contributed by atoms with E-state index in [1.54, 1.807) is 24.3 Å². The first kappa shape index (κ1) is 19.4. The number of carbonyl (C=O) groups is 1. The maximum absolute atomic E-state index is 12.1. The summed E-state index contributed by atoms with van der Waals surface area (Å²) >= 11 is 11.3. The lowest BCUT2D eigenvalue weighted by atomic mass is 10.2.